The van der Waals surface area contributed by atoms with Crippen molar-refractivity contribution >= 4 is 39.9 Å². The quantitative estimate of drug-likeness (QED) is 0.289. The molecule has 2 aromatic heterocycles. The smallest absolute Gasteiger partial charge is 0.471 e. The Hall–Kier alpha value is -4.15. The van der Waals surface area contributed by atoms with Gasteiger partial charge in [-0.05, 0) is 37.8 Å². The molecule has 3 N–H and O–H groups in total. The van der Waals surface area contributed by atoms with Gasteiger partial charge in [-0.15, -0.1) is 0 Å². The summed E-state index contributed by atoms with van der Waals surface area (Å²) in [5.41, 5.74) is -0.599. The number of nitrogens with zero attached hydrogens (tertiary/aromatic N) is 3. The van der Waals surface area contributed by atoms with E-state index in [1.165, 1.54) is 17.9 Å². The van der Waals surface area contributed by atoms with Crippen molar-refractivity contribution in [2.24, 2.45) is 7.05 Å². The molecule has 17 heteroatoms. The van der Waals surface area contributed by atoms with Crippen LogP contribution in [0.3, 0.4) is 0 Å². The van der Waals surface area contributed by atoms with Gasteiger partial charge in [0.05, 0.1) is 29.2 Å². The van der Waals surface area contributed by atoms with E-state index in [4.69, 9.17) is 0 Å². The number of carbonyl (C=O) groups excluding carboxylic acids is 3. The highest BCUT2D eigenvalue weighted by molar-refractivity contribution is 7.19. The van der Waals surface area contributed by atoms with Crippen LogP contribution in [0.25, 0.3) is 10.6 Å². The number of hydrogen-bond acceptors (Lipinski definition) is 7. The van der Waals surface area contributed by atoms with Gasteiger partial charge in [0.15, 0.2) is 5.69 Å². The molecule has 220 valence electrons. The van der Waals surface area contributed by atoms with Gasteiger partial charge in [0, 0.05) is 13.0 Å². The molecule has 0 bridgehead atoms. The third-order valence-corrected chi connectivity index (χ3v) is 7.47. The molecule has 2 heterocycles. The maximum absolute atomic E-state index is 14.7. The van der Waals surface area contributed by atoms with E-state index in [1.807, 2.05) is 5.32 Å². The predicted octanol–water partition coefficient (Wildman–Crippen LogP) is 3.87. The van der Waals surface area contributed by atoms with E-state index < -0.39 is 65.1 Å². The number of hydrogen-bond donors (Lipinski definition) is 3. The molecule has 10 nitrogen and oxygen atoms in total. The van der Waals surface area contributed by atoms with Gasteiger partial charge in [-0.3, -0.25) is 14.3 Å². The molecule has 0 saturated heterocycles. The Morgan fingerprint density at radius 1 is 1.07 bits per heavy atom. The lowest BCUT2D eigenvalue weighted by Gasteiger charge is -2.20. The summed E-state index contributed by atoms with van der Waals surface area (Å²) < 4.78 is 82.7. The minimum Gasteiger partial charge on any atom is -0.530 e. The molecule has 1 fully saturated rings. The number of benzene rings is 1. The van der Waals surface area contributed by atoms with Crippen LogP contribution in [0, 0.1) is 11.6 Å². The average molecular weight is 604 g/mol. The normalized spacial score (nSPS) is 19.3. The van der Waals surface area contributed by atoms with Crippen molar-refractivity contribution in [1.82, 2.24) is 20.1 Å². The summed E-state index contributed by atoms with van der Waals surface area (Å²) in [4.78, 5) is 39.7. The highest BCUT2D eigenvalue weighted by atomic mass is 32.1. The summed E-state index contributed by atoms with van der Waals surface area (Å²) in [7, 11) is 1.52. The Bertz CT molecular complexity index is 1450. The average Bonchev–Trinajstić information content (AvgIpc) is 3.39. The van der Waals surface area contributed by atoms with Crippen LogP contribution < -0.4 is 21.1 Å². The first-order chi connectivity index (χ1) is 19.3. The van der Waals surface area contributed by atoms with Crippen molar-refractivity contribution in [1.29, 1.82) is 0 Å². The second kappa shape index (κ2) is 11.8. The molecule has 3 atom stereocenters. The largest absolute Gasteiger partial charge is 0.530 e. The Kier molecular flexibility index (Phi) is 8.55. The lowest BCUT2D eigenvalue weighted by atomic mass is 9.95. The lowest BCUT2D eigenvalue weighted by molar-refractivity contribution is -0.242. The van der Waals surface area contributed by atoms with Crippen molar-refractivity contribution in [3.05, 3.63) is 47.4 Å². The molecular weight excluding hydrogens is 582 g/mol. The number of aryl methyl sites for hydroxylation is 1. The van der Waals surface area contributed by atoms with Gasteiger partial charge in [-0.1, -0.05) is 17.4 Å². The lowest BCUT2D eigenvalue weighted by Crippen LogP contribution is -2.46. The number of carbonyl (C=O) groups is 3. The molecule has 1 aliphatic rings. The first-order valence-corrected chi connectivity index (χ1v) is 12.9. The molecule has 1 aromatic carbocycles. The molecule has 0 radical (unpaired) electrons. The third-order valence-electron chi connectivity index (χ3n) is 6.48. The van der Waals surface area contributed by atoms with Crippen molar-refractivity contribution < 1.29 is 45.8 Å². The maximum Gasteiger partial charge on any atom is 0.471 e. The summed E-state index contributed by atoms with van der Waals surface area (Å²) in [6, 6.07) is 1.67. The number of alkyl halides is 4. The van der Waals surface area contributed by atoms with E-state index in [0.717, 1.165) is 18.2 Å². The van der Waals surface area contributed by atoms with Crippen molar-refractivity contribution in [2.75, 3.05) is 10.6 Å². The number of amides is 3. The van der Waals surface area contributed by atoms with E-state index in [9.17, 15) is 45.8 Å². The first-order valence-electron chi connectivity index (χ1n) is 12.0. The molecule has 1 aliphatic carbocycles. The van der Waals surface area contributed by atoms with Gasteiger partial charge in [0.1, 0.15) is 33.9 Å². The van der Waals surface area contributed by atoms with E-state index in [0.29, 0.717) is 17.0 Å². The summed E-state index contributed by atoms with van der Waals surface area (Å²) in [5.74, 6) is -5.71. The predicted molar refractivity (Wildman–Crippen MR) is 132 cm³/mol. The number of halogens is 6. The van der Waals surface area contributed by atoms with Gasteiger partial charge in [-0.25, -0.2) is 18.2 Å². The van der Waals surface area contributed by atoms with Crippen LogP contribution in [0.2, 0.25) is 0 Å². The fourth-order valence-corrected chi connectivity index (χ4v) is 5.62. The highest BCUT2D eigenvalue weighted by Gasteiger charge is 2.42. The fourth-order valence-electron chi connectivity index (χ4n) is 4.62. The van der Waals surface area contributed by atoms with E-state index in [1.54, 1.807) is 5.32 Å². The molecular formula is C24H21F6N6O4S-. The summed E-state index contributed by atoms with van der Waals surface area (Å²) >= 11 is 0.494. The molecule has 3 aromatic rings. The van der Waals surface area contributed by atoms with Crippen molar-refractivity contribution in [3.63, 3.8) is 0 Å². The maximum atomic E-state index is 14.7. The number of rotatable bonds is 6. The minimum atomic E-state index is -5.16. The van der Waals surface area contributed by atoms with Crippen LogP contribution in [0.1, 0.15) is 47.8 Å². The fraction of sp³-hybridized carbons (Fsp3) is 0.375. The third kappa shape index (κ3) is 6.61. The van der Waals surface area contributed by atoms with Gasteiger partial charge in [0.25, 0.3) is 5.91 Å². The van der Waals surface area contributed by atoms with Crippen LogP contribution in [0.4, 0.5) is 41.8 Å². The molecule has 41 heavy (non-hydrogen) atoms. The van der Waals surface area contributed by atoms with Crippen molar-refractivity contribution in [3.8, 4) is 10.6 Å². The Morgan fingerprint density at radius 2 is 1.73 bits per heavy atom. The zero-order valence-corrected chi connectivity index (χ0v) is 21.8. The molecule has 4 rings (SSSR count). The standard InChI is InChI=1S/C24H22F6N6O4S/c1-36-18(10-5-7-11(25)14(8-6-10)33-22(38)24(28,29)30)15(9-31-36)32-19(37)17-21(35-23(39)40)41-20(34-17)16-12(26)3-2-4-13(16)27/h2-4,9-11,14,35H,5-8H2,1H3,(H,32,37)(H,33,38)(H,39,40)/p-1. The van der Waals surface area contributed by atoms with E-state index in [2.05, 4.69) is 15.4 Å². The minimum absolute atomic E-state index is 0.113. The number of nitrogens with one attached hydrogen (secondary N) is 3. The van der Waals surface area contributed by atoms with Crippen LogP contribution in [0.5, 0.6) is 0 Å². The topological polar surface area (TPSA) is 141 Å². The van der Waals surface area contributed by atoms with Crippen molar-refractivity contribution in [2.45, 2.75) is 50.0 Å². The monoisotopic (exact) mass is 603 g/mol. The van der Waals surface area contributed by atoms with Gasteiger partial charge < -0.3 is 25.9 Å². The van der Waals surface area contributed by atoms with E-state index in [-0.39, 0.29) is 41.4 Å². The van der Waals surface area contributed by atoms with Gasteiger partial charge in [-0.2, -0.15) is 18.3 Å². The number of thiazole rings is 1. The van der Waals surface area contributed by atoms with Gasteiger partial charge >= 0.3 is 12.1 Å². The number of anilines is 2. The van der Waals surface area contributed by atoms with Crippen LogP contribution in [0.15, 0.2) is 24.4 Å². The Labute approximate surface area is 231 Å². The first kappa shape index (κ1) is 29.8. The number of carboxylic acid groups (broad SMARTS) is 1. The summed E-state index contributed by atoms with van der Waals surface area (Å²) in [6.07, 6.45) is -7.50. The van der Waals surface area contributed by atoms with Crippen LogP contribution in [-0.4, -0.2) is 51.1 Å². The molecule has 1 saturated carbocycles. The van der Waals surface area contributed by atoms with Crippen LogP contribution in [-0.2, 0) is 11.8 Å². The van der Waals surface area contributed by atoms with Gasteiger partial charge in [0.2, 0.25) is 0 Å². The van der Waals surface area contributed by atoms with E-state index >= 15 is 0 Å². The molecule has 3 amide bonds. The zero-order valence-electron chi connectivity index (χ0n) is 21.0. The highest BCUT2D eigenvalue weighted by Crippen LogP contribution is 2.38. The Morgan fingerprint density at radius 3 is 2.37 bits per heavy atom. The summed E-state index contributed by atoms with van der Waals surface area (Å²) in [6.45, 7) is 0. The second-order valence-corrected chi connectivity index (χ2v) is 10.2. The SMILES string of the molecule is Cn1ncc(NC(=O)c2nc(-c3c(F)cccc3F)sc2NC(=O)[O-])c1C1CCC(F)C(NC(=O)C(F)(F)F)CC1. The summed E-state index contributed by atoms with van der Waals surface area (Å²) in [5, 5.41) is 20.7. The van der Waals surface area contributed by atoms with Crippen LogP contribution >= 0.6 is 11.3 Å². The molecule has 0 aliphatic heterocycles. The molecule has 3 unspecified atom stereocenters. The Balaban J connectivity index is 1.58. The molecule has 0 spiro atoms. The zero-order chi connectivity index (χ0) is 30.1. The second-order valence-electron chi connectivity index (χ2n) is 9.17. The number of aromatic nitrogens is 3.